The zero-order chi connectivity index (χ0) is 51.4. The zero-order valence-corrected chi connectivity index (χ0v) is 41.8. The molecule has 18 nitrogen and oxygen atoms in total. The lowest BCUT2D eigenvalue weighted by atomic mass is 9.90. The van der Waals surface area contributed by atoms with Gasteiger partial charge < -0.3 is 44.2 Å². The fourth-order valence-corrected chi connectivity index (χ4v) is 7.19. The fourth-order valence-electron chi connectivity index (χ4n) is 7.19. The van der Waals surface area contributed by atoms with E-state index in [4.69, 9.17) is 28.2 Å². The SMILES string of the molecule is CCCCC[C@@H](C(=O)NCNC(=O)c1ccc(-c2ccc(C(=O)N[C@@H](CC(=O)OCCCC)C(=O)OCCCC)c(OCC(=O)OCCCC)c2)o1)[C@@H](CC)N(C=O)OC(=O)c1ccccc1C(C)C. The van der Waals surface area contributed by atoms with Crippen molar-refractivity contribution >= 4 is 48.0 Å². The quantitative estimate of drug-likeness (QED) is 0.0131. The average Bonchev–Trinajstić information content (AvgIpc) is 3.86. The van der Waals surface area contributed by atoms with Gasteiger partial charge in [0.25, 0.3) is 11.8 Å². The normalized spacial score (nSPS) is 12.2. The smallest absolute Gasteiger partial charge is 0.363 e. The molecular formula is C52H72N4O14. The molecule has 0 fully saturated rings. The molecule has 18 heteroatoms. The Morgan fingerprint density at radius 3 is 2.01 bits per heavy atom. The van der Waals surface area contributed by atoms with E-state index in [9.17, 15) is 38.4 Å². The van der Waals surface area contributed by atoms with E-state index in [1.165, 1.54) is 30.3 Å². The first-order valence-electron chi connectivity index (χ1n) is 24.5. The van der Waals surface area contributed by atoms with Crippen LogP contribution in [0.25, 0.3) is 11.3 Å². The molecule has 0 bridgehead atoms. The molecule has 1 aromatic heterocycles. The van der Waals surface area contributed by atoms with Crippen LogP contribution in [0.3, 0.4) is 0 Å². The maximum Gasteiger partial charge on any atom is 0.363 e. The third kappa shape index (κ3) is 18.6. The molecule has 2 aromatic carbocycles. The number of ether oxygens (including phenoxy) is 4. The lowest BCUT2D eigenvalue weighted by molar-refractivity contribution is -0.171. The van der Waals surface area contributed by atoms with Gasteiger partial charge in [-0.25, -0.2) is 14.4 Å². The molecule has 3 aromatic rings. The molecule has 1 heterocycles. The van der Waals surface area contributed by atoms with Gasteiger partial charge in [0.05, 0.1) is 56.0 Å². The highest BCUT2D eigenvalue weighted by Gasteiger charge is 2.34. The van der Waals surface area contributed by atoms with Crippen LogP contribution in [-0.4, -0.2) is 98.3 Å². The first-order valence-corrected chi connectivity index (χ1v) is 24.5. The number of unbranched alkanes of at least 4 members (excludes halogenated alkanes) is 5. The van der Waals surface area contributed by atoms with Crippen LogP contribution in [0.1, 0.15) is 168 Å². The van der Waals surface area contributed by atoms with Crippen molar-refractivity contribution in [1.29, 1.82) is 0 Å². The van der Waals surface area contributed by atoms with Crippen LogP contribution in [0.2, 0.25) is 0 Å². The minimum Gasteiger partial charge on any atom is -0.481 e. The standard InChI is InChI=1S/C52H72N4O14/c1-8-13-17-22-39(42(12-5)56(34-57)70-51(63)38-21-19-18-20-37(38)35(6)7)48(60)53-33-54-50(62)44-26-25-43(69-44)36-23-24-40(45(30-36)68-32-47(59)66-28-15-10-3)49(61)55-41(52(64)67-29-16-11-4)31-46(58)65-27-14-9-2/h18-21,23-26,30,34-35,39,41-42H,8-17,22,27-29,31-33H2,1-7H3,(H,53,60)(H,54,62)(H,55,61)/t39-,41+,42-/m1/s1. The summed E-state index contributed by atoms with van der Waals surface area (Å²) in [6.07, 6.45) is 7.11. The highest BCUT2D eigenvalue weighted by atomic mass is 16.7. The third-order valence-electron chi connectivity index (χ3n) is 11.2. The molecule has 3 rings (SSSR count). The summed E-state index contributed by atoms with van der Waals surface area (Å²) < 4.78 is 27.5. The summed E-state index contributed by atoms with van der Waals surface area (Å²) in [6.45, 7) is 13.0. The number of amides is 4. The van der Waals surface area contributed by atoms with E-state index >= 15 is 0 Å². The van der Waals surface area contributed by atoms with Gasteiger partial charge in [-0.3, -0.25) is 24.0 Å². The largest absolute Gasteiger partial charge is 0.481 e. The number of hydrogen-bond acceptors (Lipinski definition) is 14. The first-order chi connectivity index (χ1) is 33.7. The zero-order valence-electron chi connectivity index (χ0n) is 41.8. The number of nitrogens with zero attached hydrogens (tertiary/aromatic N) is 1. The molecule has 70 heavy (non-hydrogen) atoms. The Balaban J connectivity index is 1.81. The van der Waals surface area contributed by atoms with Gasteiger partial charge in [0.1, 0.15) is 17.6 Å². The Bertz CT molecular complexity index is 2170. The van der Waals surface area contributed by atoms with Gasteiger partial charge in [-0.05, 0) is 73.9 Å². The Hall–Kier alpha value is -6.72. The summed E-state index contributed by atoms with van der Waals surface area (Å²) in [5, 5.41) is 8.81. The number of hydroxylamine groups is 2. The van der Waals surface area contributed by atoms with Gasteiger partial charge in [0.2, 0.25) is 12.3 Å². The molecule has 0 spiro atoms. The van der Waals surface area contributed by atoms with Gasteiger partial charge >= 0.3 is 23.9 Å². The van der Waals surface area contributed by atoms with Gasteiger partial charge in [-0.2, -0.15) is 5.06 Å². The molecule has 4 amide bonds. The van der Waals surface area contributed by atoms with Crippen LogP contribution < -0.4 is 20.7 Å². The Labute approximate surface area is 411 Å². The van der Waals surface area contributed by atoms with Crippen molar-refractivity contribution in [2.24, 2.45) is 5.92 Å². The molecule has 3 atom stereocenters. The van der Waals surface area contributed by atoms with Gasteiger partial charge in [0, 0.05) is 5.56 Å². The third-order valence-corrected chi connectivity index (χ3v) is 11.2. The summed E-state index contributed by atoms with van der Waals surface area (Å²) in [6, 6.07) is 12.0. The van der Waals surface area contributed by atoms with E-state index in [-0.39, 0.29) is 61.7 Å². The van der Waals surface area contributed by atoms with Crippen molar-refractivity contribution in [3.05, 3.63) is 77.0 Å². The predicted octanol–water partition coefficient (Wildman–Crippen LogP) is 7.98. The summed E-state index contributed by atoms with van der Waals surface area (Å²) in [7, 11) is 0. The summed E-state index contributed by atoms with van der Waals surface area (Å²) in [5.41, 5.74) is 1.31. The topological polar surface area (TPSA) is 235 Å². The minimum absolute atomic E-state index is 0.0135. The lowest BCUT2D eigenvalue weighted by Gasteiger charge is -2.32. The highest BCUT2D eigenvalue weighted by Crippen LogP contribution is 2.30. The van der Waals surface area contributed by atoms with Crippen molar-refractivity contribution < 1.29 is 66.6 Å². The Morgan fingerprint density at radius 1 is 0.714 bits per heavy atom. The van der Waals surface area contributed by atoms with Crippen molar-refractivity contribution in [1.82, 2.24) is 21.0 Å². The minimum atomic E-state index is -1.39. The van der Waals surface area contributed by atoms with E-state index in [1.807, 2.05) is 53.7 Å². The number of esters is 3. The van der Waals surface area contributed by atoms with Crippen molar-refractivity contribution in [3.8, 4) is 17.1 Å². The predicted molar refractivity (Wildman–Crippen MR) is 259 cm³/mol. The molecular weight excluding hydrogens is 905 g/mol. The van der Waals surface area contributed by atoms with Crippen LogP contribution in [-0.2, 0) is 43.0 Å². The van der Waals surface area contributed by atoms with Gasteiger partial charge in [0.15, 0.2) is 12.4 Å². The maximum absolute atomic E-state index is 13.8. The van der Waals surface area contributed by atoms with Crippen molar-refractivity contribution in [2.45, 2.75) is 144 Å². The van der Waals surface area contributed by atoms with Crippen molar-refractivity contribution in [3.63, 3.8) is 0 Å². The number of benzene rings is 2. The second-order valence-corrected chi connectivity index (χ2v) is 17.0. The number of furan rings is 1. The number of nitrogens with one attached hydrogen (secondary N) is 3. The molecule has 3 N–H and O–H groups in total. The molecule has 0 unspecified atom stereocenters. The number of carbonyl (C=O) groups excluding carboxylic acids is 8. The first kappa shape index (κ1) is 57.6. The highest BCUT2D eigenvalue weighted by molar-refractivity contribution is 6.00. The lowest BCUT2D eigenvalue weighted by Crippen LogP contribution is -2.49. The van der Waals surface area contributed by atoms with Gasteiger partial charge in [-0.1, -0.05) is 111 Å². The molecule has 0 aliphatic rings. The summed E-state index contributed by atoms with van der Waals surface area (Å²) in [4.78, 5) is 111. The van der Waals surface area contributed by atoms with Gasteiger partial charge in [-0.15, -0.1) is 0 Å². The summed E-state index contributed by atoms with van der Waals surface area (Å²) in [5.74, 6) is -5.72. The second-order valence-electron chi connectivity index (χ2n) is 17.0. The monoisotopic (exact) mass is 977 g/mol. The second kappa shape index (κ2) is 31.4. The van der Waals surface area contributed by atoms with E-state index in [2.05, 4.69) is 16.0 Å². The molecule has 0 saturated carbocycles. The van der Waals surface area contributed by atoms with Crippen LogP contribution in [0.5, 0.6) is 5.75 Å². The van der Waals surface area contributed by atoms with E-state index in [0.29, 0.717) is 49.6 Å². The molecule has 384 valence electrons. The van der Waals surface area contributed by atoms with Crippen LogP contribution >= 0.6 is 0 Å². The molecule has 0 saturated heterocycles. The Morgan fingerprint density at radius 2 is 1.37 bits per heavy atom. The number of hydrogen-bond donors (Lipinski definition) is 3. The molecule has 0 aliphatic carbocycles. The Kier molecular flexibility index (Phi) is 25.9. The maximum atomic E-state index is 13.8. The van der Waals surface area contributed by atoms with Crippen LogP contribution in [0.4, 0.5) is 0 Å². The number of carbonyl (C=O) groups is 8. The van der Waals surface area contributed by atoms with Crippen LogP contribution in [0, 0.1) is 5.92 Å². The van der Waals surface area contributed by atoms with E-state index in [0.717, 1.165) is 42.7 Å². The van der Waals surface area contributed by atoms with Crippen molar-refractivity contribution in [2.75, 3.05) is 33.1 Å². The molecule has 0 radical (unpaired) electrons. The van der Waals surface area contributed by atoms with Crippen LogP contribution in [0.15, 0.2) is 59.0 Å². The molecule has 0 aliphatic heterocycles. The average molecular weight is 977 g/mol. The van der Waals surface area contributed by atoms with E-state index in [1.54, 1.807) is 19.1 Å². The summed E-state index contributed by atoms with van der Waals surface area (Å²) >= 11 is 0. The number of rotatable bonds is 33. The fraction of sp³-hybridized carbons (Fsp3) is 0.538. The van der Waals surface area contributed by atoms with E-state index < -0.39 is 72.6 Å².